The van der Waals surface area contributed by atoms with Crippen LogP contribution in [0.25, 0.3) is 0 Å². The van der Waals surface area contributed by atoms with Gasteiger partial charge in [0.15, 0.2) is 0 Å². The maximum absolute atomic E-state index is 12.3. The zero-order valence-electron chi connectivity index (χ0n) is 15.2. The predicted molar refractivity (Wildman–Crippen MR) is 102 cm³/mol. The number of sulfonamides is 1. The molecular formula is C19H25N3O4S. The van der Waals surface area contributed by atoms with Crippen LogP contribution in [0, 0.1) is 12.3 Å². The molecule has 0 aliphatic carbocycles. The van der Waals surface area contributed by atoms with Crippen molar-refractivity contribution in [2.75, 3.05) is 26.2 Å². The molecule has 8 heteroatoms. The van der Waals surface area contributed by atoms with Gasteiger partial charge in [-0.3, -0.25) is 9.59 Å². The van der Waals surface area contributed by atoms with E-state index < -0.39 is 10.0 Å². The molecule has 0 bridgehead atoms. The standard InChI is InChI=1S/C19H25N3O4S/c1-2-11-21-27(25,26)17-9-6-8-16(15-17)19(24)20-12-7-14-22-13-5-3-4-10-18(22)23/h1,6,8-9,15,21H,3-5,7,10-14H2,(H,20,24). The summed E-state index contributed by atoms with van der Waals surface area (Å²) in [7, 11) is -3.74. The van der Waals surface area contributed by atoms with Crippen LogP contribution < -0.4 is 10.0 Å². The van der Waals surface area contributed by atoms with Gasteiger partial charge in [0.25, 0.3) is 5.91 Å². The predicted octanol–water partition coefficient (Wildman–Crippen LogP) is 1.12. The fourth-order valence-corrected chi connectivity index (χ4v) is 3.85. The Morgan fingerprint density at radius 3 is 2.85 bits per heavy atom. The van der Waals surface area contributed by atoms with Crippen LogP contribution in [0.15, 0.2) is 29.2 Å². The number of rotatable bonds is 8. The number of hydrogen-bond donors (Lipinski definition) is 2. The van der Waals surface area contributed by atoms with Crippen molar-refractivity contribution < 1.29 is 18.0 Å². The van der Waals surface area contributed by atoms with Gasteiger partial charge >= 0.3 is 0 Å². The lowest BCUT2D eigenvalue weighted by Gasteiger charge is -2.20. The molecule has 2 amide bonds. The molecule has 7 nitrogen and oxygen atoms in total. The van der Waals surface area contributed by atoms with Crippen molar-refractivity contribution in [3.8, 4) is 12.3 Å². The van der Waals surface area contributed by atoms with Crippen molar-refractivity contribution in [1.29, 1.82) is 0 Å². The van der Waals surface area contributed by atoms with Gasteiger partial charge in [-0.25, -0.2) is 8.42 Å². The van der Waals surface area contributed by atoms with Crippen LogP contribution >= 0.6 is 0 Å². The summed E-state index contributed by atoms with van der Waals surface area (Å²) in [4.78, 5) is 26.0. The second-order valence-electron chi connectivity index (χ2n) is 6.36. The lowest BCUT2D eigenvalue weighted by atomic mass is 10.2. The van der Waals surface area contributed by atoms with Gasteiger partial charge in [0, 0.05) is 31.6 Å². The Morgan fingerprint density at radius 2 is 2.07 bits per heavy atom. The Kier molecular flexibility index (Phi) is 7.82. The first-order valence-corrected chi connectivity index (χ1v) is 10.5. The van der Waals surface area contributed by atoms with Crippen LogP contribution in [0.3, 0.4) is 0 Å². The van der Waals surface area contributed by atoms with Gasteiger partial charge in [-0.15, -0.1) is 6.42 Å². The van der Waals surface area contributed by atoms with E-state index >= 15 is 0 Å². The molecule has 2 rings (SSSR count). The Hall–Kier alpha value is -2.37. The maximum atomic E-state index is 12.3. The normalized spacial score (nSPS) is 15.1. The van der Waals surface area contributed by atoms with E-state index in [0.717, 1.165) is 25.8 Å². The van der Waals surface area contributed by atoms with E-state index in [1.165, 1.54) is 18.2 Å². The van der Waals surface area contributed by atoms with Crippen molar-refractivity contribution in [2.24, 2.45) is 0 Å². The average molecular weight is 391 g/mol. The highest BCUT2D eigenvalue weighted by Crippen LogP contribution is 2.12. The topological polar surface area (TPSA) is 95.6 Å². The number of likely N-dealkylation sites (tertiary alicyclic amines) is 1. The first-order valence-electron chi connectivity index (χ1n) is 9.03. The number of amides is 2. The van der Waals surface area contributed by atoms with Crippen molar-refractivity contribution in [2.45, 2.75) is 37.0 Å². The van der Waals surface area contributed by atoms with Gasteiger partial charge in [0.05, 0.1) is 11.4 Å². The molecular weight excluding hydrogens is 366 g/mol. The van der Waals surface area contributed by atoms with Crippen LogP contribution in [-0.4, -0.2) is 51.3 Å². The summed E-state index contributed by atoms with van der Waals surface area (Å²) < 4.78 is 26.4. The molecule has 2 N–H and O–H groups in total. The lowest BCUT2D eigenvalue weighted by molar-refractivity contribution is -0.130. The summed E-state index contributed by atoms with van der Waals surface area (Å²) in [6.07, 6.45) is 9.36. The molecule has 0 unspecified atom stereocenters. The minimum Gasteiger partial charge on any atom is -0.352 e. The third kappa shape index (κ3) is 6.38. The van der Waals surface area contributed by atoms with Gasteiger partial charge in [0.2, 0.25) is 15.9 Å². The summed E-state index contributed by atoms with van der Waals surface area (Å²) in [5, 5.41) is 2.77. The molecule has 0 atom stereocenters. The fraction of sp³-hybridized carbons (Fsp3) is 0.474. The minimum atomic E-state index is -3.74. The molecule has 0 spiro atoms. The van der Waals surface area contributed by atoms with E-state index in [2.05, 4.69) is 16.0 Å². The molecule has 146 valence electrons. The number of benzene rings is 1. The zero-order chi connectivity index (χ0) is 19.7. The monoisotopic (exact) mass is 391 g/mol. The second-order valence-corrected chi connectivity index (χ2v) is 8.12. The molecule has 1 aliphatic rings. The molecule has 1 aromatic rings. The lowest BCUT2D eigenvalue weighted by Crippen LogP contribution is -2.34. The Labute approximate surface area is 160 Å². The van der Waals surface area contributed by atoms with E-state index in [-0.39, 0.29) is 28.8 Å². The largest absolute Gasteiger partial charge is 0.352 e. The molecule has 1 saturated heterocycles. The molecule has 27 heavy (non-hydrogen) atoms. The summed E-state index contributed by atoms with van der Waals surface area (Å²) in [5.74, 6) is 2.02. The number of terminal acetylenes is 1. The third-order valence-corrected chi connectivity index (χ3v) is 5.73. The first kappa shape index (κ1) is 20.9. The first-order chi connectivity index (χ1) is 12.9. The third-order valence-electron chi connectivity index (χ3n) is 4.33. The Bertz CT molecular complexity index is 814. The van der Waals surface area contributed by atoms with Gasteiger partial charge in [-0.2, -0.15) is 4.72 Å². The number of hydrogen-bond acceptors (Lipinski definition) is 4. The summed E-state index contributed by atoms with van der Waals surface area (Å²) in [6, 6.07) is 5.77. The number of carbonyl (C=O) groups excluding carboxylic acids is 2. The fourth-order valence-electron chi connectivity index (χ4n) is 2.87. The molecule has 0 aromatic heterocycles. The number of nitrogens with zero attached hydrogens (tertiary/aromatic N) is 1. The van der Waals surface area contributed by atoms with E-state index in [1.54, 1.807) is 6.07 Å². The van der Waals surface area contributed by atoms with E-state index in [9.17, 15) is 18.0 Å². The summed E-state index contributed by atoms with van der Waals surface area (Å²) >= 11 is 0. The van der Waals surface area contributed by atoms with Crippen LogP contribution in [0.1, 0.15) is 42.5 Å². The average Bonchev–Trinajstić information content (AvgIpc) is 2.87. The van der Waals surface area contributed by atoms with E-state index in [1.807, 2.05) is 4.90 Å². The van der Waals surface area contributed by atoms with Gasteiger partial charge in [-0.05, 0) is 37.5 Å². The maximum Gasteiger partial charge on any atom is 0.251 e. The van der Waals surface area contributed by atoms with Gasteiger partial charge < -0.3 is 10.2 Å². The van der Waals surface area contributed by atoms with Gasteiger partial charge in [0.1, 0.15) is 0 Å². The van der Waals surface area contributed by atoms with Crippen molar-refractivity contribution in [3.63, 3.8) is 0 Å². The SMILES string of the molecule is C#CCNS(=O)(=O)c1cccc(C(=O)NCCCN2CCCCCC2=O)c1. The second kappa shape index (κ2) is 10.1. The van der Waals surface area contributed by atoms with E-state index in [0.29, 0.717) is 25.9 Å². The van der Waals surface area contributed by atoms with E-state index in [4.69, 9.17) is 6.42 Å². The number of nitrogens with one attached hydrogen (secondary N) is 2. The molecule has 0 radical (unpaired) electrons. The minimum absolute atomic E-state index is 0.0134. The Balaban J connectivity index is 1.86. The molecule has 1 heterocycles. The van der Waals surface area contributed by atoms with Crippen LogP contribution in [0.5, 0.6) is 0 Å². The Morgan fingerprint density at radius 1 is 1.26 bits per heavy atom. The van der Waals surface area contributed by atoms with Crippen LogP contribution in [0.4, 0.5) is 0 Å². The zero-order valence-corrected chi connectivity index (χ0v) is 16.1. The number of carbonyl (C=O) groups is 2. The smallest absolute Gasteiger partial charge is 0.251 e. The van der Waals surface area contributed by atoms with Crippen molar-refractivity contribution >= 4 is 21.8 Å². The highest BCUT2D eigenvalue weighted by atomic mass is 32.2. The van der Waals surface area contributed by atoms with Crippen molar-refractivity contribution in [3.05, 3.63) is 29.8 Å². The molecule has 1 aromatic carbocycles. The summed E-state index contributed by atoms with van der Waals surface area (Å²) in [5.41, 5.74) is 0.254. The quantitative estimate of drug-likeness (QED) is 0.513. The van der Waals surface area contributed by atoms with Gasteiger partial charge in [-0.1, -0.05) is 18.4 Å². The molecule has 1 aliphatic heterocycles. The molecule has 0 saturated carbocycles. The van der Waals surface area contributed by atoms with Crippen molar-refractivity contribution in [1.82, 2.24) is 14.9 Å². The van der Waals surface area contributed by atoms with Crippen LogP contribution in [-0.2, 0) is 14.8 Å². The summed E-state index contributed by atoms with van der Waals surface area (Å²) in [6.45, 7) is 1.68. The molecule has 1 fully saturated rings. The highest BCUT2D eigenvalue weighted by Gasteiger charge is 2.17. The highest BCUT2D eigenvalue weighted by molar-refractivity contribution is 7.89. The van der Waals surface area contributed by atoms with Crippen LogP contribution in [0.2, 0.25) is 0 Å².